The molecule has 0 spiro atoms. The SMILES string of the molecule is Nc1ccccc1N1CCC(C=O)CC1. The average Bonchev–Trinajstić information content (AvgIpc) is 2.30. The van der Waals surface area contributed by atoms with Gasteiger partial charge < -0.3 is 15.4 Å². The fourth-order valence-corrected chi connectivity index (χ4v) is 2.05. The number of carbonyl (C=O) groups is 1. The Kier molecular flexibility index (Phi) is 2.90. The molecule has 0 saturated carbocycles. The Bertz CT molecular complexity index is 343. The molecule has 1 aliphatic heterocycles. The van der Waals surface area contributed by atoms with Crippen molar-refractivity contribution in [3.8, 4) is 0 Å². The summed E-state index contributed by atoms with van der Waals surface area (Å²) in [6.45, 7) is 1.86. The van der Waals surface area contributed by atoms with Crippen LogP contribution in [0.4, 0.5) is 11.4 Å². The van der Waals surface area contributed by atoms with Crippen molar-refractivity contribution >= 4 is 17.7 Å². The van der Waals surface area contributed by atoms with Crippen LogP contribution in [0.2, 0.25) is 0 Å². The van der Waals surface area contributed by atoms with E-state index in [1.165, 1.54) is 0 Å². The van der Waals surface area contributed by atoms with Crippen LogP contribution in [0.15, 0.2) is 24.3 Å². The first-order valence-electron chi connectivity index (χ1n) is 5.36. The summed E-state index contributed by atoms with van der Waals surface area (Å²) in [6.07, 6.45) is 2.96. The molecule has 2 rings (SSSR count). The zero-order chi connectivity index (χ0) is 10.7. The number of carbonyl (C=O) groups excluding carboxylic acids is 1. The van der Waals surface area contributed by atoms with E-state index in [1.54, 1.807) is 0 Å². The van der Waals surface area contributed by atoms with Crippen LogP contribution in [0.5, 0.6) is 0 Å². The molecule has 0 aliphatic carbocycles. The van der Waals surface area contributed by atoms with Crippen LogP contribution in [0.3, 0.4) is 0 Å². The van der Waals surface area contributed by atoms with Gasteiger partial charge in [-0.05, 0) is 25.0 Å². The van der Waals surface area contributed by atoms with E-state index in [2.05, 4.69) is 4.90 Å². The summed E-state index contributed by atoms with van der Waals surface area (Å²) in [5.41, 5.74) is 7.83. The predicted molar refractivity (Wildman–Crippen MR) is 61.9 cm³/mol. The van der Waals surface area contributed by atoms with Crippen LogP contribution in [0, 0.1) is 5.92 Å². The van der Waals surface area contributed by atoms with Gasteiger partial charge in [0.2, 0.25) is 0 Å². The van der Waals surface area contributed by atoms with Gasteiger partial charge in [0.15, 0.2) is 0 Å². The number of para-hydroxylation sites is 2. The monoisotopic (exact) mass is 204 g/mol. The number of rotatable bonds is 2. The van der Waals surface area contributed by atoms with E-state index in [4.69, 9.17) is 5.73 Å². The maximum atomic E-state index is 10.6. The van der Waals surface area contributed by atoms with Crippen LogP contribution >= 0.6 is 0 Å². The Labute approximate surface area is 89.9 Å². The van der Waals surface area contributed by atoms with Gasteiger partial charge in [0.05, 0.1) is 11.4 Å². The average molecular weight is 204 g/mol. The lowest BCUT2D eigenvalue weighted by Gasteiger charge is -2.32. The highest BCUT2D eigenvalue weighted by Crippen LogP contribution is 2.26. The molecule has 0 aromatic heterocycles. The van der Waals surface area contributed by atoms with Crippen molar-refractivity contribution in [2.75, 3.05) is 23.7 Å². The lowest BCUT2D eigenvalue weighted by Crippen LogP contribution is -2.34. The van der Waals surface area contributed by atoms with Crippen LogP contribution in [0.1, 0.15) is 12.8 Å². The third kappa shape index (κ3) is 2.12. The molecule has 1 fully saturated rings. The number of hydrogen-bond acceptors (Lipinski definition) is 3. The Hall–Kier alpha value is -1.51. The van der Waals surface area contributed by atoms with Gasteiger partial charge in [0.1, 0.15) is 6.29 Å². The Morgan fingerprint density at radius 3 is 2.53 bits per heavy atom. The lowest BCUT2D eigenvalue weighted by atomic mass is 9.98. The topological polar surface area (TPSA) is 46.3 Å². The van der Waals surface area contributed by atoms with Crippen LogP contribution in [0.25, 0.3) is 0 Å². The minimum absolute atomic E-state index is 0.242. The second-order valence-corrected chi connectivity index (χ2v) is 4.02. The summed E-state index contributed by atoms with van der Waals surface area (Å²) >= 11 is 0. The normalized spacial score (nSPS) is 17.7. The van der Waals surface area contributed by atoms with E-state index in [0.717, 1.165) is 43.6 Å². The van der Waals surface area contributed by atoms with Gasteiger partial charge in [-0.25, -0.2) is 0 Å². The molecule has 0 bridgehead atoms. The molecular formula is C12H16N2O. The highest BCUT2D eigenvalue weighted by molar-refractivity contribution is 5.67. The van der Waals surface area contributed by atoms with E-state index in [1.807, 2.05) is 24.3 Å². The summed E-state index contributed by atoms with van der Waals surface area (Å²) in [5.74, 6) is 0.242. The Morgan fingerprint density at radius 2 is 1.93 bits per heavy atom. The second-order valence-electron chi connectivity index (χ2n) is 4.02. The maximum absolute atomic E-state index is 10.6. The molecule has 1 aliphatic rings. The summed E-state index contributed by atoms with van der Waals surface area (Å²) in [4.78, 5) is 12.9. The van der Waals surface area contributed by atoms with Crippen molar-refractivity contribution in [1.29, 1.82) is 0 Å². The standard InChI is InChI=1S/C12H16N2O/c13-11-3-1-2-4-12(11)14-7-5-10(9-15)6-8-14/h1-4,9-10H,5-8,13H2. The summed E-state index contributed by atoms with van der Waals surface area (Å²) in [6, 6.07) is 7.90. The summed E-state index contributed by atoms with van der Waals surface area (Å²) in [5, 5.41) is 0. The zero-order valence-corrected chi connectivity index (χ0v) is 8.73. The Balaban J connectivity index is 2.07. The number of benzene rings is 1. The smallest absolute Gasteiger partial charge is 0.123 e. The quantitative estimate of drug-likeness (QED) is 0.589. The number of nitrogen functional groups attached to an aromatic ring is 1. The van der Waals surface area contributed by atoms with Crippen molar-refractivity contribution in [1.82, 2.24) is 0 Å². The maximum Gasteiger partial charge on any atom is 0.123 e. The molecular weight excluding hydrogens is 188 g/mol. The number of nitrogens with zero attached hydrogens (tertiary/aromatic N) is 1. The Morgan fingerprint density at radius 1 is 1.27 bits per heavy atom. The van der Waals surface area contributed by atoms with Gasteiger partial charge in [0, 0.05) is 19.0 Å². The molecule has 80 valence electrons. The fraction of sp³-hybridized carbons (Fsp3) is 0.417. The molecule has 1 aromatic carbocycles. The fourth-order valence-electron chi connectivity index (χ4n) is 2.05. The highest BCUT2D eigenvalue weighted by Gasteiger charge is 2.19. The molecule has 0 amide bonds. The van der Waals surface area contributed by atoms with E-state index in [0.29, 0.717) is 0 Å². The third-order valence-electron chi connectivity index (χ3n) is 3.01. The van der Waals surface area contributed by atoms with Gasteiger partial charge in [-0.2, -0.15) is 0 Å². The summed E-state index contributed by atoms with van der Waals surface area (Å²) in [7, 11) is 0. The van der Waals surface area contributed by atoms with Gasteiger partial charge in [-0.3, -0.25) is 0 Å². The largest absolute Gasteiger partial charge is 0.397 e. The minimum Gasteiger partial charge on any atom is -0.397 e. The third-order valence-corrected chi connectivity index (χ3v) is 3.01. The minimum atomic E-state index is 0.242. The van der Waals surface area contributed by atoms with Crippen molar-refractivity contribution in [3.63, 3.8) is 0 Å². The zero-order valence-electron chi connectivity index (χ0n) is 8.73. The number of piperidine rings is 1. The van der Waals surface area contributed by atoms with E-state index >= 15 is 0 Å². The van der Waals surface area contributed by atoms with E-state index in [-0.39, 0.29) is 5.92 Å². The predicted octanol–water partition coefficient (Wildman–Crippen LogP) is 1.68. The van der Waals surface area contributed by atoms with Gasteiger partial charge in [0.25, 0.3) is 0 Å². The highest BCUT2D eigenvalue weighted by atomic mass is 16.1. The number of hydrogen-bond donors (Lipinski definition) is 1. The second kappa shape index (κ2) is 4.34. The molecule has 3 nitrogen and oxygen atoms in total. The van der Waals surface area contributed by atoms with Crippen molar-refractivity contribution in [3.05, 3.63) is 24.3 Å². The molecule has 2 N–H and O–H groups in total. The number of nitrogens with two attached hydrogens (primary N) is 1. The molecule has 15 heavy (non-hydrogen) atoms. The first-order chi connectivity index (χ1) is 7.31. The van der Waals surface area contributed by atoms with E-state index in [9.17, 15) is 4.79 Å². The molecule has 1 saturated heterocycles. The van der Waals surface area contributed by atoms with Crippen molar-refractivity contribution in [2.45, 2.75) is 12.8 Å². The molecule has 0 unspecified atom stereocenters. The first-order valence-corrected chi connectivity index (χ1v) is 5.36. The van der Waals surface area contributed by atoms with Crippen LogP contribution in [-0.4, -0.2) is 19.4 Å². The molecule has 1 aromatic rings. The van der Waals surface area contributed by atoms with Crippen molar-refractivity contribution < 1.29 is 4.79 Å². The van der Waals surface area contributed by atoms with Gasteiger partial charge in [-0.1, -0.05) is 12.1 Å². The lowest BCUT2D eigenvalue weighted by molar-refractivity contribution is -0.111. The van der Waals surface area contributed by atoms with Gasteiger partial charge in [-0.15, -0.1) is 0 Å². The molecule has 0 atom stereocenters. The molecule has 1 heterocycles. The van der Waals surface area contributed by atoms with E-state index < -0.39 is 0 Å². The summed E-state index contributed by atoms with van der Waals surface area (Å²) < 4.78 is 0. The van der Waals surface area contributed by atoms with Crippen molar-refractivity contribution in [2.24, 2.45) is 5.92 Å². The van der Waals surface area contributed by atoms with Crippen LogP contribution in [-0.2, 0) is 4.79 Å². The first kappa shape index (κ1) is 10.0. The molecule has 3 heteroatoms. The number of aldehydes is 1. The number of anilines is 2. The molecule has 0 radical (unpaired) electrons. The van der Waals surface area contributed by atoms with Crippen LogP contribution < -0.4 is 10.6 Å². The van der Waals surface area contributed by atoms with Gasteiger partial charge >= 0.3 is 0 Å².